The quantitative estimate of drug-likeness (QED) is 0.0195. The van der Waals surface area contributed by atoms with Gasteiger partial charge in [-0.1, -0.05) is 214 Å². The van der Waals surface area contributed by atoms with E-state index in [2.05, 4.69) is 98.9 Å². The zero-order chi connectivity index (χ0) is 51.3. The van der Waals surface area contributed by atoms with E-state index < -0.39 is 32.5 Å². The molecule has 0 aromatic heterocycles. The molecule has 0 heterocycles. The molecule has 10 heteroatoms. The fourth-order valence-corrected chi connectivity index (χ4v) is 8.26. The first-order valence-corrected chi connectivity index (χ1v) is 29.8. The molecule has 0 saturated carbocycles. The van der Waals surface area contributed by atoms with Crippen LogP contribution < -0.4 is 4.89 Å². The molecule has 2 atom stereocenters. The van der Waals surface area contributed by atoms with E-state index in [4.69, 9.17) is 18.5 Å². The van der Waals surface area contributed by atoms with Crippen molar-refractivity contribution in [3.63, 3.8) is 0 Å². The Labute approximate surface area is 431 Å². The summed E-state index contributed by atoms with van der Waals surface area (Å²) in [5, 5.41) is 0. The van der Waals surface area contributed by atoms with Gasteiger partial charge in [0.25, 0.3) is 7.82 Å². The van der Waals surface area contributed by atoms with Crippen LogP contribution in [0.25, 0.3) is 0 Å². The molecular weight excluding hydrogens is 894 g/mol. The topological polar surface area (TPSA) is 111 Å². The summed E-state index contributed by atoms with van der Waals surface area (Å²) in [7, 11) is 1.15. The highest BCUT2D eigenvalue weighted by Gasteiger charge is 2.21. The van der Waals surface area contributed by atoms with Gasteiger partial charge < -0.3 is 27.9 Å². The Hall–Kier alpha value is -2.81. The molecule has 0 fully saturated rings. The Morgan fingerprint density at radius 1 is 0.457 bits per heavy atom. The second kappa shape index (κ2) is 51.1. The van der Waals surface area contributed by atoms with Crippen LogP contribution in [0.15, 0.2) is 85.1 Å². The minimum Gasteiger partial charge on any atom is -0.756 e. The standard InChI is InChI=1S/C60H106NO8P/c1-6-8-10-12-14-16-18-20-22-24-26-27-28-29-30-31-32-33-35-37-39-41-43-45-47-49-51-53-60(63)69-58(57-68-70(64,65)67-55-54-61(3,4)5)56-66-59(62)52-50-48-46-44-42-40-38-36-34-25-23-21-19-17-15-13-11-9-7-2/h8,10,14-17,20-23,26-27,34,36,58H,6-7,9,11-13,18-19,24-25,28-33,35,37-57H2,1-5H3/b10-8-,16-14-,17-15-,22-20-,23-21-,27-26-,36-34-. The summed E-state index contributed by atoms with van der Waals surface area (Å²) in [6.45, 7) is 4.09. The maximum atomic E-state index is 12.8. The minimum atomic E-state index is -4.64. The number of ether oxygens (including phenoxy) is 2. The average Bonchev–Trinajstić information content (AvgIpc) is 3.32. The van der Waals surface area contributed by atoms with Crippen molar-refractivity contribution in [3.05, 3.63) is 85.1 Å². The van der Waals surface area contributed by atoms with Gasteiger partial charge in [0.15, 0.2) is 6.10 Å². The molecule has 0 spiro atoms. The molecule has 0 aliphatic carbocycles. The van der Waals surface area contributed by atoms with Crippen LogP contribution in [0.5, 0.6) is 0 Å². The van der Waals surface area contributed by atoms with Gasteiger partial charge in [-0.05, 0) is 89.9 Å². The number of carbonyl (C=O) groups excluding carboxylic acids is 2. The molecule has 0 saturated heterocycles. The highest BCUT2D eigenvalue weighted by Crippen LogP contribution is 2.38. The Kier molecular flexibility index (Phi) is 49.1. The van der Waals surface area contributed by atoms with Gasteiger partial charge in [0.05, 0.1) is 27.7 Å². The van der Waals surface area contributed by atoms with E-state index in [-0.39, 0.29) is 26.1 Å². The number of hydrogen-bond acceptors (Lipinski definition) is 8. The lowest BCUT2D eigenvalue weighted by Crippen LogP contribution is -2.37. The van der Waals surface area contributed by atoms with E-state index in [0.29, 0.717) is 23.9 Å². The predicted octanol–water partition coefficient (Wildman–Crippen LogP) is 16.8. The number of unbranched alkanes of at least 4 members (excludes halogenated alkanes) is 23. The molecule has 0 bridgehead atoms. The molecule has 70 heavy (non-hydrogen) atoms. The van der Waals surface area contributed by atoms with Gasteiger partial charge in [-0.3, -0.25) is 14.2 Å². The Balaban J connectivity index is 4.19. The molecule has 2 unspecified atom stereocenters. The molecule has 0 aliphatic rings. The molecule has 404 valence electrons. The Morgan fingerprint density at radius 2 is 0.814 bits per heavy atom. The van der Waals surface area contributed by atoms with Crippen molar-refractivity contribution in [1.29, 1.82) is 0 Å². The summed E-state index contributed by atoms with van der Waals surface area (Å²) in [6, 6.07) is 0. The monoisotopic (exact) mass is 1000 g/mol. The van der Waals surface area contributed by atoms with E-state index in [0.717, 1.165) is 83.5 Å². The third-order valence-corrected chi connectivity index (χ3v) is 12.9. The van der Waals surface area contributed by atoms with Crippen molar-refractivity contribution < 1.29 is 42.1 Å². The predicted molar refractivity (Wildman–Crippen MR) is 296 cm³/mol. The second-order valence-electron chi connectivity index (χ2n) is 19.9. The average molecular weight is 1000 g/mol. The zero-order valence-electron chi connectivity index (χ0n) is 45.7. The summed E-state index contributed by atoms with van der Waals surface area (Å²) < 4.78 is 34.1. The van der Waals surface area contributed by atoms with Crippen LogP contribution in [0.3, 0.4) is 0 Å². The van der Waals surface area contributed by atoms with Gasteiger partial charge in [-0.2, -0.15) is 0 Å². The number of rotatable bonds is 51. The van der Waals surface area contributed by atoms with Crippen molar-refractivity contribution >= 4 is 19.8 Å². The van der Waals surface area contributed by atoms with Crippen LogP contribution in [-0.2, 0) is 32.7 Å². The van der Waals surface area contributed by atoms with Crippen molar-refractivity contribution in [2.75, 3.05) is 47.5 Å². The van der Waals surface area contributed by atoms with E-state index in [1.54, 1.807) is 0 Å². The molecule has 0 aromatic rings. The van der Waals surface area contributed by atoms with Gasteiger partial charge in [0, 0.05) is 12.8 Å². The zero-order valence-corrected chi connectivity index (χ0v) is 46.6. The van der Waals surface area contributed by atoms with Crippen LogP contribution in [0.1, 0.15) is 232 Å². The van der Waals surface area contributed by atoms with Crippen molar-refractivity contribution in [3.8, 4) is 0 Å². The summed E-state index contributed by atoms with van der Waals surface area (Å²) in [5.74, 6) is -0.849. The minimum absolute atomic E-state index is 0.0364. The van der Waals surface area contributed by atoms with E-state index in [1.807, 2.05) is 21.1 Å². The Bertz CT molecular complexity index is 1460. The summed E-state index contributed by atoms with van der Waals surface area (Å²) >= 11 is 0. The number of esters is 2. The molecule has 0 N–H and O–H groups in total. The number of allylic oxidation sites excluding steroid dienone is 14. The third kappa shape index (κ3) is 54.5. The third-order valence-electron chi connectivity index (χ3n) is 11.9. The number of hydrogen-bond donors (Lipinski definition) is 0. The maximum Gasteiger partial charge on any atom is 0.306 e. The van der Waals surface area contributed by atoms with Crippen LogP contribution in [-0.4, -0.2) is 70.0 Å². The Morgan fingerprint density at radius 3 is 1.21 bits per heavy atom. The SMILES string of the molecule is CC/C=C\C/C=C\C/C=C\C/C=C\CCCCCCCCCCCCCCCCC(=O)OC(COC(=O)CCCCCCCC/C=C\C/C=C\C/C=C\CCCCC)COP(=O)([O-])OCC[N+](C)(C)C. The lowest BCUT2D eigenvalue weighted by molar-refractivity contribution is -0.870. The van der Waals surface area contributed by atoms with Crippen molar-refractivity contribution in [2.24, 2.45) is 0 Å². The number of phosphoric acid groups is 1. The van der Waals surface area contributed by atoms with Gasteiger partial charge in [-0.25, -0.2) is 0 Å². The first-order valence-electron chi connectivity index (χ1n) is 28.3. The summed E-state index contributed by atoms with van der Waals surface area (Å²) in [5.41, 5.74) is 0. The second-order valence-corrected chi connectivity index (χ2v) is 21.3. The van der Waals surface area contributed by atoms with Crippen LogP contribution in [0, 0.1) is 0 Å². The van der Waals surface area contributed by atoms with Crippen molar-refractivity contribution in [1.82, 2.24) is 0 Å². The van der Waals surface area contributed by atoms with Crippen LogP contribution in [0.4, 0.5) is 0 Å². The van der Waals surface area contributed by atoms with Gasteiger partial charge in [0.2, 0.25) is 0 Å². The molecule has 0 aliphatic heterocycles. The first kappa shape index (κ1) is 67.2. The molecule has 0 radical (unpaired) electrons. The number of phosphoric ester groups is 1. The molecule has 0 aromatic carbocycles. The smallest absolute Gasteiger partial charge is 0.306 e. The van der Waals surface area contributed by atoms with Crippen molar-refractivity contribution in [2.45, 2.75) is 238 Å². The first-order chi connectivity index (χ1) is 34.0. The fraction of sp³-hybridized carbons (Fsp3) is 0.733. The van der Waals surface area contributed by atoms with Gasteiger partial charge >= 0.3 is 11.9 Å². The molecule has 0 amide bonds. The maximum absolute atomic E-state index is 12.8. The normalized spacial score (nSPS) is 14.0. The van der Waals surface area contributed by atoms with Crippen LogP contribution in [0.2, 0.25) is 0 Å². The van der Waals surface area contributed by atoms with Crippen LogP contribution >= 0.6 is 7.82 Å². The number of nitrogens with zero attached hydrogens (tertiary/aromatic N) is 1. The summed E-state index contributed by atoms with van der Waals surface area (Å²) in [6.07, 6.45) is 67.6. The highest BCUT2D eigenvalue weighted by molar-refractivity contribution is 7.45. The number of quaternary nitrogens is 1. The van der Waals surface area contributed by atoms with Gasteiger partial charge in [-0.15, -0.1) is 0 Å². The number of carbonyl (C=O) groups is 2. The highest BCUT2D eigenvalue weighted by atomic mass is 31.2. The fourth-order valence-electron chi connectivity index (χ4n) is 7.54. The van der Waals surface area contributed by atoms with E-state index in [1.165, 1.54) is 109 Å². The van der Waals surface area contributed by atoms with E-state index >= 15 is 0 Å². The lowest BCUT2D eigenvalue weighted by atomic mass is 10.0. The van der Waals surface area contributed by atoms with E-state index in [9.17, 15) is 19.0 Å². The summed E-state index contributed by atoms with van der Waals surface area (Å²) in [4.78, 5) is 37.8. The molecular formula is C60H106NO8P. The molecule has 9 nitrogen and oxygen atoms in total. The largest absolute Gasteiger partial charge is 0.756 e. The molecule has 0 rings (SSSR count). The number of likely N-dealkylation sites (N-methyl/N-ethyl adjacent to an activating group) is 1. The van der Waals surface area contributed by atoms with Gasteiger partial charge in [0.1, 0.15) is 19.8 Å². The lowest BCUT2D eigenvalue weighted by Gasteiger charge is -2.28.